The molecule has 184 valence electrons. The Kier molecular flexibility index (Phi) is 8.00. The molecule has 1 saturated heterocycles. The summed E-state index contributed by atoms with van der Waals surface area (Å²) in [5.74, 6) is -0.515. The minimum Gasteiger partial charge on any atom is -0.404 e. The van der Waals surface area contributed by atoms with E-state index in [4.69, 9.17) is 22.7 Å². The minimum absolute atomic E-state index is 0.0216. The molecule has 0 atom stereocenters. The number of nitrogens with two attached hydrogens (primary N) is 1. The Morgan fingerprint density at radius 1 is 1.17 bits per heavy atom. The highest BCUT2D eigenvalue weighted by molar-refractivity contribution is 6.33. The maximum atomic E-state index is 14.4. The number of hydrogen-bond acceptors (Lipinski definition) is 6. The van der Waals surface area contributed by atoms with Gasteiger partial charge >= 0.3 is 0 Å². The second-order valence-electron chi connectivity index (χ2n) is 9.11. The summed E-state index contributed by atoms with van der Waals surface area (Å²) in [5, 5.41) is 13.3. The van der Waals surface area contributed by atoms with E-state index in [9.17, 15) is 4.39 Å². The van der Waals surface area contributed by atoms with Crippen LogP contribution in [0.1, 0.15) is 25.0 Å². The van der Waals surface area contributed by atoms with E-state index in [2.05, 4.69) is 33.9 Å². The van der Waals surface area contributed by atoms with Gasteiger partial charge < -0.3 is 11.1 Å². The van der Waals surface area contributed by atoms with Gasteiger partial charge in [-0.05, 0) is 55.8 Å². The Labute approximate surface area is 211 Å². The van der Waals surface area contributed by atoms with Crippen molar-refractivity contribution in [1.29, 1.82) is 5.41 Å². The number of nitrogens with zero attached hydrogens (tertiary/aromatic N) is 3. The molecule has 0 amide bonds. The molecule has 0 radical (unpaired) electrons. The van der Waals surface area contributed by atoms with Crippen LogP contribution in [0.5, 0.6) is 0 Å². The van der Waals surface area contributed by atoms with Crippen LogP contribution in [0.25, 0.3) is 16.5 Å². The van der Waals surface area contributed by atoms with Crippen LogP contribution in [0.15, 0.2) is 54.9 Å². The molecule has 0 unspecified atom stereocenters. The van der Waals surface area contributed by atoms with Gasteiger partial charge in [-0.2, -0.15) is 0 Å². The predicted molar refractivity (Wildman–Crippen MR) is 144 cm³/mol. The van der Waals surface area contributed by atoms with E-state index in [-0.39, 0.29) is 11.3 Å². The number of hydrogen-bond donors (Lipinski definition) is 3. The van der Waals surface area contributed by atoms with E-state index in [0.29, 0.717) is 22.2 Å². The fourth-order valence-corrected chi connectivity index (χ4v) is 4.59. The highest BCUT2D eigenvalue weighted by Gasteiger charge is 2.18. The number of fused-ring (bicyclic) bond motifs is 1. The van der Waals surface area contributed by atoms with E-state index in [1.165, 1.54) is 24.4 Å². The number of pyridine rings is 1. The summed E-state index contributed by atoms with van der Waals surface area (Å²) in [4.78, 5) is 9.56. The lowest BCUT2D eigenvalue weighted by Crippen LogP contribution is -2.49. The van der Waals surface area contributed by atoms with Crippen molar-refractivity contribution in [3.63, 3.8) is 0 Å². The summed E-state index contributed by atoms with van der Waals surface area (Å²) < 4.78 is 14.4. The lowest BCUT2D eigenvalue weighted by Gasteiger charge is -2.36. The minimum atomic E-state index is -0.515. The van der Waals surface area contributed by atoms with E-state index < -0.39 is 5.82 Å². The summed E-state index contributed by atoms with van der Waals surface area (Å²) in [6.07, 6.45) is 3.17. The molecule has 1 aromatic heterocycles. The molecular weight excluding hydrogens is 463 g/mol. The molecule has 3 aromatic rings. The van der Waals surface area contributed by atoms with Crippen molar-refractivity contribution in [3.8, 4) is 0 Å². The molecule has 2 heterocycles. The number of halogens is 2. The Morgan fingerprint density at radius 2 is 1.94 bits per heavy atom. The Bertz CT molecular complexity index is 1230. The maximum absolute atomic E-state index is 14.4. The van der Waals surface area contributed by atoms with Gasteiger partial charge in [-0.3, -0.25) is 20.2 Å². The van der Waals surface area contributed by atoms with Crippen LogP contribution in [0.3, 0.4) is 0 Å². The average Bonchev–Trinajstić information content (AvgIpc) is 2.86. The van der Waals surface area contributed by atoms with Gasteiger partial charge in [0.25, 0.3) is 0 Å². The third-order valence-electron chi connectivity index (χ3n) is 6.52. The number of anilines is 1. The molecule has 1 fully saturated rings. The quantitative estimate of drug-likeness (QED) is 0.391. The van der Waals surface area contributed by atoms with Gasteiger partial charge in [0.15, 0.2) is 0 Å². The highest BCUT2D eigenvalue weighted by atomic mass is 35.5. The summed E-state index contributed by atoms with van der Waals surface area (Å²) in [5.41, 5.74) is 8.87. The average molecular weight is 495 g/mol. The number of piperazine rings is 1. The van der Waals surface area contributed by atoms with Gasteiger partial charge in [0.2, 0.25) is 0 Å². The van der Waals surface area contributed by atoms with Crippen LogP contribution in [-0.2, 0) is 0 Å². The summed E-state index contributed by atoms with van der Waals surface area (Å²) >= 11 is 6.03. The predicted octanol–water partition coefficient (Wildman–Crippen LogP) is 4.83. The molecule has 4 N–H and O–H groups in total. The maximum Gasteiger partial charge on any atom is 0.132 e. The lowest BCUT2D eigenvalue weighted by molar-refractivity contribution is 0.111. The molecular formula is C27H32ClFN6. The first-order chi connectivity index (χ1) is 16.9. The van der Waals surface area contributed by atoms with E-state index in [0.717, 1.165) is 55.9 Å². The van der Waals surface area contributed by atoms with Crippen molar-refractivity contribution in [1.82, 2.24) is 14.8 Å². The Hall–Kier alpha value is -3.00. The first-order valence-corrected chi connectivity index (χ1v) is 12.3. The van der Waals surface area contributed by atoms with Gasteiger partial charge in [0, 0.05) is 73.1 Å². The number of aromatic nitrogens is 1. The molecule has 8 heteroatoms. The SMILES string of the molecule is CC(C)N1CCN(CCNc2cnc3ccc(/C(=C/N)C(=N)c4cc(Cl)ccc4F)cc3c2)CC1. The molecule has 0 aliphatic carbocycles. The van der Waals surface area contributed by atoms with Crippen LogP contribution in [0.4, 0.5) is 10.1 Å². The van der Waals surface area contributed by atoms with Crippen LogP contribution in [-0.4, -0.2) is 65.8 Å². The van der Waals surface area contributed by atoms with Gasteiger partial charge in [0.05, 0.1) is 23.1 Å². The molecule has 0 spiro atoms. The summed E-state index contributed by atoms with van der Waals surface area (Å²) in [6, 6.07) is 12.5. The zero-order valence-corrected chi connectivity index (χ0v) is 20.9. The first kappa shape index (κ1) is 25.1. The molecule has 0 saturated carbocycles. The molecule has 2 aromatic carbocycles. The fourth-order valence-electron chi connectivity index (χ4n) is 4.42. The number of rotatable bonds is 8. The fraction of sp³-hybridized carbons (Fsp3) is 0.333. The zero-order chi connectivity index (χ0) is 24.9. The lowest BCUT2D eigenvalue weighted by atomic mass is 9.95. The smallest absolute Gasteiger partial charge is 0.132 e. The van der Waals surface area contributed by atoms with Gasteiger partial charge in [0.1, 0.15) is 5.82 Å². The van der Waals surface area contributed by atoms with E-state index in [1.807, 2.05) is 30.5 Å². The van der Waals surface area contributed by atoms with Crippen molar-refractivity contribution < 1.29 is 4.39 Å². The van der Waals surface area contributed by atoms with Crippen LogP contribution in [0, 0.1) is 11.2 Å². The van der Waals surface area contributed by atoms with E-state index >= 15 is 0 Å². The van der Waals surface area contributed by atoms with Gasteiger partial charge in [-0.15, -0.1) is 0 Å². The van der Waals surface area contributed by atoms with Gasteiger partial charge in [-0.1, -0.05) is 17.7 Å². The second-order valence-corrected chi connectivity index (χ2v) is 9.55. The van der Waals surface area contributed by atoms with Crippen molar-refractivity contribution >= 4 is 39.5 Å². The van der Waals surface area contributed by atoms with Crippen molar-refractivity contribution in [2.24, 2.45) is 5.73 Å². The normalized spacial score (nSPS) is 15.6. The number of benzene rings is 2. The van der Waals surface area contributed by atoms with Crippen LogP contribution < -0.4 is 11.1 Å². The highest BCUT2D eigenvalue weighted by Crippen LogP contribution is 2.26. The molecule has 6 nitrogen and oxygen atoms in total. The monoisotopic (exact) mass is 494 g/mol. The van der Waals surface area contributed by atoms with Crippen molar-refractivity contribution in [2.75, 3.05) is 44.6 Å². The van der Waals surface area contributed by atoms with Crippen LogP contribution >= 0.6 is 11.6 Å². The Balaban J connectivity index is 1.45. The summed E-state index contributed by atoms with van der Waals surface area (Å²) in [6.45, 7) is 10.7. The molecule has 4 rings (SSSR count). The molecule has 35 heavy (non-hydrogen) atoms. The van der Waals surface area contributed by atoms with Crippen molar-refractivity contribution in [2.45, 2.75) is 19.9 Å². The standard InChI is InChI=1S/C27H32ClFN6/c1-18(2)35-11-9-34(10-12-35)8-7-32-22-14-20-13-19(3-6-26(20)33-17-22)24(16-30)27(31)23-15-21(28)4-5-25(23)29/h3-6,13-18,31-32H,7-12,30H2,1-2H3/b24-16-,31-27?. The summed E-state index contributed by atoms with van der Waals surface area (Å²) in [7, 11) is 0. The third kappa shape index (κ3) is 5.99. The molecule has 1 aliphatic heterocycles. The molecule has 1 aliphatic rings. The zero-order valence-electron chi connectivity index (χ0n) is 20.2. The van der Waals surface area contributed by atoms with Crippen molar-refractivity contribution in [3.05, 3.63) is 76.8 Å². The largest absolute Gasteiger partial charge is 0.404 e. The van der Waals surface area contributed by atoms with Gasteiger partial charge in [-0.25, -0.2) is 4.39 Å². The number of allylic oxidation sites excluding steroid dienone is 1. The first-order valence-electron chi connectivity index (χ1n) is 11.9. The van der Waals surface area contributed by atoms with E-state index in [1.54, 1.807) is 0 Å². The third-order valence-corrected chi connectivity index (χ3v) is 6.76. The topological polar surface area (TPSA) is 81.3 Å². The van der Waals surface area contributed by atoms with Crippen LogP contribution in [0.2, 0.25) is 5.02 Å². The second kappa shape index (κ2) is 11.2. The molecule has 0 bridgehead atoms. The number of nitrogens with one attached hydrogen (secondary N) is 2. The Morgan fingerprint density at radius 3 is 2.66 bits per heavy atom.